The number of benzene rings is 1. The summed E-state index contributed by atoms with van der Waals surface area (Å²) in [5.41, 5.74) is 2.43. The molecule has 0 saturated heterocycles. The van der Waals surface area contributed by atoms with Gasteiger partial charge in [0.15, 0.2) is 0 Å². The third-order valence-corrected chi connectivity index (χ3v) is 2.86. The lowest BCUT2D eigenvalue weighted by Gasteiger charge is -2.15. The first kappa shape index (κ1) is 14.8. The van der Waals surface area contributed by atoms with Crippen LogP contribution in [0.5, 0.6) is 5.75 Å². The maximum Gasteiger partial charge on any atom is 0.119 e. The number of nitrogens with one attached hydrogen (secondary N) is 1. The van der Waals surface area contributed by atoms with Crippen molar-refractivity contribution < 1.29 is 4.74 Å². The van der Waals surface area contributed by atoms with Crippen molar-refractivity contribution in [3.05, 3.63) is 42.0 Å². The van der Waals surface area contributed by atoms with Gasteiger partial charge in [0.1, 0.15) is 5.75 Å². The van der Waals surface area contributed by atoms with Gasteiger partial charge in [-0.05, 0) is 44.5 Å². The topological polar surface area (TPSA) is 21.3 Å². The zero-order valence-electron chi connectivity index (χ0n) is 11.8. The fourth-order valence-corrected chi connectivity index (χ4v) is 1.70. The molecule has 0 aliphatic rings. The van der Waals surface area contributed by atoms with E-state index in [4.69, 9.17) is 4.74 Å². The minimum Gasteiger partial charge on any atom is -0.493 e. The lowest BCUT2D eigenvalue weighted by molar-refractivity contribution is 0.321. The van der Waals surface area contributed by atoms with Gasteiger partial charge in [0, 0.05) is 12.5 Å². The van der Waals surface area contributed by atoms with Crippen molar-refractivity contribution in [1.29, 1.82) is 0 Å². The fourth-order valence-electron chi connectivity index (χ4n) is 1.70. The number of hydrogen-bond donors (Lipinski definition) is 1. The molecule has 1 rings (SSSR count). The SMILES string of the molecule is C=C(C)CCOc1cccc(C(C)NCCC)c1. The highest BCUT2D eigenvalue weighted by molar-refractivity contribution is 5.30. The van der Waals surface area contributed by atoms with Crippen molar-refractivity contribution in [2.45, 2.75) is 39.7 Å². The molecule has 1 aromatic rings. The Balaban J connectivity index is 2.53. The summed E-state index contributed by atoms with van der Waals surface area (Å²) in [7, 11) is 0. The average Bonchev–Trinajstić information content (AvgIpc) is 2.36. The number of ether oxygens (including phenoxy) is 1. The van der Waals surface area contributed by atoms with Crippen LogP contribution in [-0.4, -0.2) is 13.2 Å². The first-order valence-corrected chi connectivity index (χ1v) is 6.74. The van der Waals surface area contributed by atoms with Crippen LogP contribution in [0, 0.1) is 0 Å². The zero-order valence-corrected chi connectivity index (χ0v) is 11.8. The molecular formula is C16H25NO. The third kappa shape index (κ3) is 5.37. The van der Waals surface area contributed by atoms with Crippen LogP contribution >= 0.6 is 0 Å². The highest BCUT2D eigenvalue weighted by atomic mass is 16.5. The first-order chi connectivity index (χ1) is 8.63. The van der Waals surface area contributed by atoms with Crippen LogP contribution in [0.3, 0.4) is 0 Å². The Morgan fingerprint density at radius 2 is 2.22 bits per heavy atom. The van der Waals surface area contributed by atoms with Gasteiger partial charge in [0.2, 0.25) is 0 Å². The van der Waals surface area contributed by atoms with Gasteiger partial charge >= 0.3 is 0 Å². The summed E-state index contributed by atoms with van der Waals surface area (Å²) in [6.07, 6.45) is 2.06. The van der Waals surface area contributed by atoms with Gasteiger partial charge in [0.25, 0.3) is 0 Å². The van der Waals surface area contributed by atoms with Gasteiger partial charge < -0.3 is 10.1 Å². The van der Waals surface area contributed by atoms with Gasteiger partial charge in [-0.2, -0.15) is 0 Å². The van der Waals surface area contributed by atoms with E-state index in [1.54, 1.807) is 0 Å². The van der Waals surface area contributed by atoms with Crippen molar-refractivity contribution in [2.24, 2.45) is 0 Å². The van der Waals surface area contributed by atoms with Crippen molar-refractivity contribution >= 4 is 0 Å². The molecule has 0 amide bonds. The Hall–Kier alpha value is -1.28. The largest absolute Gasteiger partial charge is 0.493 e. The Morgan fingerprint density at radius 1 is 1.44 bits per heavy atom. The summed E-state index contributed by atoms with van der Waals surface area (Å²) >= 11 is 0. The van der Waals surface area contributed by atoms with E-state index in [-0.39, 0.29) is 0 Å². The molecule has 1 atom stereocenters. The minimum atomic E-state index is 0.370. The Bertz CT molecular complexity index is 373. The summed E-state index contributed by atoms with van der Waals surface area (Å²) in [5, 5.41) is 3.48. The smallest absolute Gasteiger partial charge is 0.119 e. The molecule has 0 bridgehead atoms. The van der Waals surface area contributed by atoms with Gasteiger partial charge in [0.05, 0.1) is 6.61 Å². The second kappa shape index (κ2) is 7.93. The van der Waals surface area contributed by atoms with Crippen LogP contribution in [0.1, 0.15) is 45.2 Å². The van der Waals surface area contributed by atoms with E-state index in [2.05, 4.69) is 43.9 Å². The molecule has 0 fully saturated rings. The minimum absolute atomic E-state index is 0.370. The molecule has 0 radical (unpaired) electrons. The second-order valence-electron chi connectivity index (χ2n) is 4.80. The van der Waals surface area contributed by atoms with Gasteiger partial charge in [-0.1, -0.05) is 24.6 Å². The summed E-state index contributed by atoms with van der Waals surface area (Å²) in [6, 6.07) is 8.68. The maximum atomic E-state index is 5.72. The highest BCUT2D eigenvalue weighted by Gasteiger charge is 2.05. The molecule has 2 nitrogen and oxygen atoms in total. The van der Waals surface area contributed by atoms with Gasteiger partial charge in [-0.3, -0.25) is 0 Å². The molecule has 1 aromatic carbocycles. The fraction of sp³-hybridized carbons (Fsp3) is 0.500. The third-order valence-electron chi connectivity index (χ3n) is 2.86. The predicted molar refractivity (Wildman–Crippen MR) is 78.1 cm³/mol. The molecule has 100 valence electrons. The van der Waals surface area contributed by atoms with Crippen LogP contribution in [0.2, 0.25) is 0 Å². The van der Waals surface area contributed by atoms with E-state index in [1.807, 2.05) is 13.0 Å². The lowest BCUT2D eigenvalue weighted by atomic mass is 10.1. The Labute approximate surface area is 111 Å². The molecule has 0 spiro atoms. The molecule has 0 saturated carbocycles. The molecule has 0 aliphatic carbocycles. The average molecular weight is 247 g/mol. The molecule has 18 heavy (non-hydrogen) atoms. The van der Waals surface area contributed by atoms with Crippen molar-refractivity contribution in [3.8, 4) is 5.75 Å². The number of hydrogen-bond acceptors (Lipinski definition) is 2. The Kier molecular flexibility index (Phi) is 6.51. The van der Waals surface area contributed by atoms with E-state index in [0.717, 1.165) is 30.7 Å². The van der Waals surface area contributed by atoms with Crippen molar-refractivity contribution in [3.63, 3.8) is 0 Å². The van der Waals surface area contributed by atoms with Crippen molar-refractivity contribution in [1.82, 2.24) is 5.32 Å². The van der Waals surface area contributed by atoms with Crippen LogP contribution < -0.4 is 10.1 Å². The summed E-state index contributed by atoms with van der Waals surface area (Å²) < 4.78 is 5.72. The van der Waals surface area contributed by atoms with E-state index in [0.29, 0.717) is 12.6 Å². The molecule has 0 aromatic heterocycles. The molecule has 1 N–H and O–H groups in total. The summed E-state index contributed by atoms with van der Waals surface area (Å²) in [4.78, 5) is 0. The van der Waals surface area contributed by atoms with Crippen molar-refractivity contribution in [2.75, 3.05) is 13.2 Å². The zero-order chi connectivity index (χ0) is 13.4. The predicted octanol–water partition coefficient (Wildman–Crippen LogP) is 4.09. The molecule has 2 heteroatoms. The van der Waals surface area contributed by atoms with Crippen LogP contribution in [-0.2, 0) is 0 Å². The van der Waals surface area contributed by atoms with Crippen LogP contribution in [0.15, 0.2) is 36.4 Å². The molecule has 0 aliphatic heterocycles. The van der Waals surface area contributed by atoms with E-state index >= 15 is 0 Å². The van der Waals surface area contributed by atoms with Crippen LogP contribution in [0.4, 0.5) is 0 Å². The maximum absolute atomic E-state index is 5.72. The van der Waals surface area contributed by atoms with Gasteiger partial charge in [-0.25, -0.2) is 0 Å². The summed E-state index contributed by atoms with van der Waals surface area (Å²) in [6.45, 7) is 12.0. The molecule has 1 unspecified atom stereocenters. The second-order valence-corrected chi connectivity index (χ2v) is 4.80. The standard InChI is InChI=1S/C16H25NO/c1-5-10-17-14(4)15-7-6-8-16(12-15)18-11-9-13(2)3/h6-8,12,14,17H,2,5,9-11H2,1,3-4H3. The molecular weight excluding hydrogens is 222 g/mol. The number of rotatable bonds is 8. The quantitative estimate of drug-likeness (QED) is 0.699. The van der Waals surface area contributed by atoms with E-state index < -0.39 is 0 Å². The molecule has 0 heterocycles. The monoisotopic (exact) mass is 247 g/mol. The van der Waals surface area contributed by atoms with Crippen LogP contribution in [0.25, 0.3) is 0 Å². The lowest BCUT2D eigenvalue weighted by Crippen LogP contribution is -2.19. The van der Waals surface area contributed by atoms with E-state index in [1.165, 1.54) is 5.56 Å². The Morgan fingerprint density at radius 3 is 2.89 bits per heavy atom. The summed E-state index contributed by atoms with van der Waals surface area (Å²) in [5.74, 6) is 0.943. The highest BCUT2D eigenvalue weighted by Crippen LogP contribution is 2.19. The van der Waals surface area contributed by atoms with E-state index in [9.17, 15) is 0 Å². The first-order valence-electron chi connectivity index (χ1n) is 6.74. The van der Waals surface area contributed by atoms with Gasteiger partial charge in [-0.15, -0.1) is 6.58 Å². The normalized spacial score (nSPS) is 12.2.